The van der Waals surface area contributed by atoms with Crippen molar-refractivity contribution in [3.63, 3.8) is 0 Å². The molecule has 0 aliphatic rings. The van der Waals surface area contributed by atoms with Gasteiger partial charge in [0, 0.05) is 0 Å². The third-order valence-corrected chi connectivity index (χ3v) is 3.24. The number of aromatic nitrogens is 2. The van der Waals surface area contributed by atoms with Gasteiger partial charge in [-0.3, -0.25) is 19.6 Å². The summed E-state index contributed by atoms with van der Waals surface area (Å²) in [4.78, 5) is 21.2. The molecule has 0 saturated heterocycles. The Kier molecular flexibility index (Phi) is 3.91. The average Bonchev–Trinajstić information content (AvgIpc) is 2.78. The van der Waals surface area contributed by atoms with Gasteiger partial charge >= 0.3 is 5.69 Å². The van der Waals surface area contributed by atoms with Crippen LogP contribution in [0.15, 0.2) is 24.4 Å². The van der Waals surface area contributed by atoms with Crippen LogP contribution < -0.4 is 5.73 Å². The van der Waals surface area contributed by atoms with Crippen molar-refractivity contribution in [3.05, 3.63) is 55.8 Å². The molecule has 2 N–H and O–H groups in total. The topological polar surface area (TPSA) is 104 Å². The van der Waals surface area contributed by atoms with Gasteiger partial charge in [-0.15, -0.1) is 0 Å². The Morgan fingerprint density at radius 3 is 2.60 bits per heavy atom. The van der Waals surface area contributed by atoms with Crippen LogP contribution in [0.3, 0.4) is 0 Å². The van der Waals surface area contributed by atoms with E-state index < -0.39 is 16.5 Å². The largest absolute Gasteiger partial charge is 0.364 e. The van der Waals surface area contributed by atoms with E-state index in [9.17, 15) is 14.9 Å². The second-order valence-electron chi connectivity index (χ2n) is 3.93. The summed E-state index contributed by atoms with van der Waals surface area (Å²) in [6.07, 6.45) is 1.14. The highest BCUT2D eigenvalue weighted by Gasteiger charge is 2.23. The van der Waals surface area contributed by atoms with E-state index in [-0.39, 0.29) is 12.2 Å². The van der Waals surface area contributed by atoms with Crippen molar-refractivity contribution in [2.24, 2.45) is 5.73 Å². The summed E-state index contributed by atoms with van der Waals surface area (Å²) < 4.78 is 1.25. The molecular formula is C11H8Cl2N4O3. The summed E-state index contributed by atoms with van der Waals surface area (Å²) in [5.74, 6) is -0.954. The van der Waals surface area contributed by atoms with Gasteiger partial charge in [0.15, 0.2) is 0 Å². The first-order valence-electron chi connectivity index (χ1n) is 5.34. The second kappa shape index (κ2) is 5.48. The minimum absolute atomic E-state index is 0.199. The first-order chi connectivity index (χ1) is 9.38. The number of nitrogens with zero attached hydrogens (tertiary/aromatic N) is 3. The number of hydrogen-bond acceptors (Lipinski definition) is 4. The van der Waals surface area contributed by atoms with Gasteiger partial charge in [0.25, 0.3) is 5.91 Å². The molecule has 0 bridgehead atoms. The fraction of sp³-hybridized carbons (Fsp3) is 0.0909. The normalized spacial score (nSPS) is 10.5. The van der Waals surface area contributed by atoms with Crippen LogP contribution in [0.25, 0.3) is 0 Å². The maximum atomic E-state index is 11.1. The summed E-state index contributed by atoms with van der Waals surface area (Å²) in [5, 5.41) is 15.4. The predicted octanol–water partition coefficient (Wildman–Crippen LogP) is 2.25. The number of rotatable bonds is 4. The number of amides is 1. The molecule has 2 rings (SSSR count). The molecule has 0 aliphatic carbocycles. The van der Waals surface area contributed by atoms with E-state index in [0.717, 1.165) is 11.8 Å². The fourth-order valence-electron chi connectivity index (χ4n) is 1.63. The van der Waals surface area contributed by atoms with E-state index >= 15 is 0 Å². The molecule has 0 fully saturated rings. The zero-order chi connectivity index (χ0) is 14.9. The molecule has 2 aromatic rings. The summed E-state index contributed by atoms with van der Waals surface area (Å²) in [6, 6.07) is 4.92. The Balaban J connectivity index is 2.34. The molecule has 104 valence electrons. The number of nitro groups is 1. The maximum absolute atomic E-state index is 11.1. The molecular weight excluding hydrogens is 307 g/mol. The lowest BCUT2D eigenvalue weighted by atomic mass is 10.2. The lowest BCUT2D eigenvalue weighted by Crippen LogP contribution is -2.14. The average molecular weight is 315 g/mol. The third-order valence-electron chi connectivity index (χ3n) is 2.50. The van der Waals surface area contributed by atoms with Crippen LogP contribution >= 0.6 is 23.2 Å². The molecule has 0 radical (unpaired) electrons. The van der Waals surface area contributed by atoms with Crippen molar-refractivity contribution >= 4 is 34.8 Å². The molecule has 1 aromatic heterocycles. The van der Waals surface area contributed by atoms with Crippen molar-refractivity contribution in [1.82, 2.24) is 9.78 Å². The summed E-state index contributed by atoms with van der Waals surface area (Å²) >= 11 is 11.7. The number of primary amides is 1. The number of nitrogens with two attached hydrogens (primary N) is 1. The van der Waals surface area contributed by atoms with Crippen LogP contribution in [0, 0.1) is 10.1 Å². The van der Waals surface area contributed by atoms with Gasteiger partial charge < -0.3 is 5.73 Å². The first-order valence-corrected chi connectivity index (χ1v) is 6.09. The van der Waals surface area contributed by atoms with Crippen molar-refractivity contribution in [2.75, 3.05) is 0 Å². The van der Waals surface area contributed by atoms with Gasteiger partial charge in [0.1, 0.15) is 6.20 Å². The highest BCUT2D eigenvalue weighted by Crippen LogP contribution is 2.23. The van der Waals surface area contributed by atoms with E-state index in [0.29, 0.717) is 10.0 Å². The maximum Gasteiger partial charge on any atom is 0.320 e. The Hall–Kier alpha value is -2.12. The van der Waals surface area contributed by atoms with Crippen molar-refractivity contribution < 1.29 is 9.72 Å². The van der Waals surface area contributed by atoms with E-state index in [2.05, 4.69) is 5.10 Å². The second-order valence-corrected chi connectivity index (χ2v) is 4.74. The molecule has 0 unspecified atom stereocenters. The van der Waals surface area contributed by atoms with E-state index in [1.807, 2.05) is 0 Å². The number of halogens is 2. The Morgan fingerprint density at radius 2 is 2.10 bits per heavy atom. The van der Waals surface area contributed by atoms with Crippen LogP contribution in [0.1, 0.15) is 16.1 Å². The van der Waals surface area contributed by atoms with Crippen molar-refractivity contribution in [1.29, 1.82) is 0 Å². The summed E-state index contributed by atoms with van der Waals surface area (Å²) in [5.41, 5.74) is 4.96. The number of hydrogen-bond donors (Lipinski definition) is 1. The van der Waals surface area contributed by atoms with Gasteiger partial charge in [0.2, 0.25) is 5.69 Å². The molecule has 0 saturated carbocycles. The van der Waals surface area contributed by atoms with Gasteiger partial charge in [-0.05, 0) is 17.7 Å². The quantitative estimate of drug-likeness (QED) is 0.690. The summed E-state index contributed by atoms with van der Waals surface area (Å²) in [6.45, 7) is 0.199. The SMILES string of the molecule is NC(=O)c1nn(Cc2ccc(Cl)c(Cl)c2)cc1[N+](=O)[O-]. The highest BCUT2D eigenvalue weighted by atomic mass is 35.5. The zero-order valence-electron chi connectivity index (χ0n) is 9.92. The van der Waals surface area contributed by atoms with Crippen molar-refractivity contribution in [3.8, 4) is 0 Å². The standard InChI is InChI=1S/C11H8Cl2N4O3/c12-7-2-1-6(3-8(7)13)4-16-5-9(17(19)20)10(15-16)11(14)18/h1-3,5H,4H2,(H2,14,18). The van der Waals surface area contributed by atoms with Gasteiger partial charge in [-0.1, -0.05) is 29.3 Å². The van der Waals surface area contributed by atoms with Crippen LogP contribution in [-0.4, -0.2) is 20.6 Å². The lowest BCUT2D eigenvalue weighted by molar-refractivity contribution is -0.385. The van der Waals surface area contributed by atoms with Crippen molar-refractivity contribution in [2.45, 2.75) is 6.54 Å². The zero-order valence-corrected chi connectivity index (χ0v) is 11.4. The Morgan fingerprint density at radius 1 is 1.40 bits per heavy atom. The minimum atomic E-state index is -0.954. The monoisotopic (exact) mass is 314 g/mol. The molecule has 20 heavy (non-hydrogen) atoms. The molecule has 0 spiro atoms. The number of benzene rings is 1. The fourth-order valence-corrected chi connectivity index (χ4v) is 1.95. The number of carbonyl (C=O) groups is 1. The number of carbonyl (C=O) groups excluding carboxylic acids is 1. The molecule has 7 nitrogen and oxygen atoms in total. The van der Waals surface area contributed by atoms with E-state index in [4.69, 9.17) is 28.9 Å². The summed E-state index contributed by atoms with van der Waals surface area (Å²) in [7, 11) is 0. The van der Waals surface area contributed by atoms with Crippen LogP contribution in [0.5, 0.6) is 0 Å². The smallest absolute Gasteiger partial charge is 0.320 e. The van der Waals surface area contributed by atoms with Crippen LogP contribution in [0.2, 0.25) is 10.0 Å². The van der Waals surface area contributed by atoms with Gasteiger partial charge in [-0.2, -0.15) is 5.10 Å². The van der Waals surface area contributed by atoms with Crippen LogP contribution in [0.4, 0.5) is 5.69 Å². The molecule has 1 heterocycles. The predicted molar refractivity (Wildman–Crippen MR) is 73.0 cm³/mol. The molecule has 1 amide bonds. The molecule has 0 aliphatic heterocycles. The van der Waals surface area contributed by atoms with E-state index in [1.54, 1.807) is 18.2 Å². The van der Waals surface area contributed by atoms with E-state index in [1.165, 1.54) is 4.68 Å². The van der Waals surface area contributed by atoms with Gasteiger partial charge in [-0.25, -0.2) is 0 Å². The Labute approximate surface area is 123 Å². The third kappa shape index (κ3) is 2.89. The molecule has 0 atom stereocenters. The Bertz CT molecular complexity index is 667. The minimum Gasteiger partial charge on any atom is -0.364 e. The molecule has 9 heteroatoms. The van der Waals surface area contributed by atoms with Crippen LogP contribution in [-0.2, 0) is 6.54 Å². The molecule has 1 aromatic carbocycles. The first kappa shape index (κ1) is 14.3. The lowest BCUT2D eigenvalue weighted by Gasteiger charge is -2.03. The highest BCUT2D eigenvalue weighted by molar-refractivity contribution is 6.42. The van der Waals surface area contributed by atoms with Gasteiger partial charge in [0.05, 0.1) is 21.5 Å².